The van der Waals surface area contributed by atoms with Crippen molar-refractivity contribution in [1.82, 2.24) is 5.32 Å². The van der Waals surface area contributed by atoms with Crippen LogP contribution in [-0.2, 0) is 4.79 Å². The first-order valence-electron chi connectivity index (χ1n) is 6.08. The topological polar surface area (TPSA) is 78.4 Å². The van der Waals surface area contributed by atoms with Gasteiger partial charge in [0.25, 0.3) is 0 Å². The molecule has 0 unspecified atom stereocenters. The first kappa shape index (κ1) is 15.2. The van der Waals surface area contributed by atoms with Crippen LogP contribution in [0.2, 0.25) is 0 Å². The van der Waals surface area contributed by atoms with Crippen molar-refractivity contribution in [3.8, 4) is 0 Å². The zero-order valence-corrected chi connectivity index (χ0v) is 11.7. The first-order chi connectivity index (χ1) is 8.70. The molecule has 0 aliphatic heterocycles. The summed E-state index contributed by atoms with van der Waals surface area (Å²) in [7, 11) is 0. The van der Waals surface area contributed by atoms with Crippen LogP contribution in [0.3, 0.4) is 0 Å². The molecular weight excluding hydrogens is 244 g/mol. The third kappa shape index (κ3) is 4.71. The lowest BCUT2D eigenvalue weighted by Gasteiger charge is -2.20. The normalized spacial score (nSPS) is 11.2. The number of carboxylic acids is 1. The van der Waals surface area contributed by atoms with Gasteiger partial charge in [-0.15, -0.1) is 0 Å². The number of aromatic carboxylic acids is 1. The number of nitrogens with one attached hydrogen (secondary N) is 2. The Balaban J connectivity index is 2.75. The van der Waals surface area contributed by atoms with Gasteiger partial charge in [-0.2, -0.15) is 0 Å². The van der Waals surface area contributed by atoms with Crippen LogP contribution in [0, 0.1) is 6.92 Å². The quantitative estimate of drug-likeness (QED) is 0.777. The molecule has 0 aliphatic carbocycles. The molecule has 104 valence electrons. The van der Waals surface area contributed by atoms with Gasteiger partial charge in [-0.05, 0) is 45.4 Å². The van der Waals surface area contributed by atoms with E-state index in [9.17, 15) is 9.59 Å². The third-order valence-corrected chi connectivity index (χ3v) is 2.62. The maximum atomic E-state index is 11.8. The molecular formula is C14H20N2O3. The molecule has 1 aromatic rings. The third-order valence-electron chi connectivity index (χ3n) is 2.62. The largest absolute Gasteiger partial charge is 0.478 e. The van der Waals surface area contributed by atoms with Crippen molar-refractivity contribution >= 4 is 17.6 Å². The Hall–Kier alpha value is -1.88. The Morgan fingerprint density at radius 2 is 1.89 bits per heavy atom. The van der Waals surface area contributed by atoms with Crippen molar-refractivity contribution in [3.63, 3.8) is 0 Å². The summed E-state index contributed by atoms with van der Waals surface area (Å²) in [4.78, 5) is 22.8. The van der Waals surface area contributed by atoms with Crippen molar-refractivity contribution in [1.29, 1.82) is 0 Å². The number of anilines is 1. The lowest BCUT2D eigenvalue weighted by Crippen LogP contribution is -2.41. The van der Waals surface area contributed by atoms with Gasteiger partial charge < -0.3 is 15.7 Å². The van der Waals surface area contributed by atoms with Gasteiger partial charge in [0, 0.05) is 11.2 Å². The summed E-state index contributed by atoms with van der Waals surface area (Å²) in [5, 5.41) is 14.8. The molecule has 3 N–H and O–H groups in total. The molecule has 0 saturated carbocycles. The summed E-state index contributed by atoms with van der Waals surface area (Å²) >= 11 is 0. The summed E-state index contributed by atoms with van der Waals surface area (Å²) in [6, 6.07) is 4.82. The number of hydrogen-bond acceptors (Lipinski definition) is 3. The van der Waals surface area contributed by atoms with Crippen molar-refractivity contribution < 1.29 is 14.7 Å². The van der Waals surface area contributed by atoms with Gasteiger partial charge >= 0.3 is 5.97 Å². The number of benzene rings is 1. The van der Waals surface area contributed by atoms with Gasteiger partial charge in [0.1, 0.15) is 0 Å². The second-order valence-corrected chi connectivity index (χ2v) is 5.44. The highest BCUT2D eigenvalue weighted by Crippen LogP contribution is 2.18. The van der Waals surface area contributed by atoms with E-state index in [1.54, 1.807) is 19.1 Å². The minimum atomic E-state index is -0.999. The molecule has 0 fully saturated rings. The molecule has 0 bridgehead atoms. The molecule has 0 aromatic heterocycles. The summed E-state index contributed by atoms with van der Waals surface area (Å²) in [5.74, 6) is -1.19. The van der Waals surface area contributed by atoms with E-state index in [-0.39, 0.29) is 23.6 Å². The van der Waals surface area contributed by atoms with Crippen molar-refractivity contribution in [2.45, 2.75) is 33.2 Å². The summed E-state index contributed by atoms with van der Waals surface area (Å²) in [5.41, 5.74) is 1.14. The average Bonchev–Trinajstić information content (AvgIpc) is 2.28. The van der Waals surface area contributed by atoms with Crippen LogP contribution in [0.25, 0.3) is 0 Å². The summed E-state index contributed by atoms with van der Waals surface area (Å²) in [6.45, 7) is 7.76. The Labute approximate surface area is 113 Å². The fraction of sp³-hybridized carbons (Fsp3) is 0.429. The summed E-state index contributed by atoms with van der Waals surface area (Å²) < 4.78 is 0. The smallest absolute Gasteiger partial charge is 0.336 e. The maximum Gasteiger partial charge on any atom is 0.336 e. The molecule has 0 radical (unpaired) electrons. The lowest BCUT2D eigenvalue weighted by molar-refractivity contribution is -0.115. The van der Waals surface area contributed by atoms with E-state index in [4.69, 9.17) is 5.11 Å². The minimum absolute atomic E-state index is 0.144. The number of rotatable bonds is 4. The van der Waals surface area contributed by atoms with Gasteiger partial charge in [0.2, 0.25) is 5.91 Å². The molecule has 0 saturated heterocycles. The molecule has 19 heavy (non-hydrogen) atoms. The Morgan fingerprint density at radius 1 is 1.26 bits per heavy atom. The Morgan fingerprint density at radius 3 is 2.42 bits per heavy atom. The zero-order chi connectivity index (χ0) is 14.6. The zero-order valence-electron chi connectivity index (χ0n) is 11.7. The molecule has 5 nitrogen and oxygen atoms in total. The van der Waals surface area contributed by atoms with Crippen LogP contribution < -0.4 is 10.6 Å². The molecule has 0 spiro atoms. The second kappa shape index (κ2) is 5.84. The second-order valence-electron chi connectivity index (χ2n) is 5.44. The van der Waals surface area contributed by atoms with Gasteiger partial charge in [-0.25, -0.2) is 4.79 Å². The van der Waals surface area contributed by atoms with E-state index >= 15 is 0 Å². The van der Waals surface area contributed by atoms with Crippen molar-refractivity contribution in [3.05, 3.63) is 29.3 Å². The number of carbonyl (C=O) groups is 2. The number of amides is 1. The predicted octanol–water partition coefficient (Wildman–Crippen LogP) is 2.02. The molecule has 0 aliphatic rings. The van der Waals surface area contributed by atoms with Gasteiger partial charge in [-0.3, -0.25) is 4.79 Å². The van der Waals surface area contributed by atoms with Crippen molar-refractivity contribution in [2.24, 2.45) is 0 Å². The average molecular weight is 264 g/mol. The maximum absolute atomic E-state index is 11.8. The fourth-order valence-corrected chi connectivity index (χ4v) is 1.54. The molecule has 1 aromatic carbocycles. The van der Waals surface area contributed by atoms with Crippen LogP contribution >= 0.6 is 0 Å². The van der Waals surface area contributed by atoms with Gasteiger partial charge in [0.05, 0.1) is 12.1 Å². The summed E-state index contributed by atoms with van der Waals surface area (Å²) in [6.07, 6.45) is 0. The van der Waals surface area contributed by atoms with Crippen LogP contribution in [0.15, 0.2) is 18.2 Å². The van der Waals surface area contributed by atoms with Crippen LogP contribution in [0.5, 0.6) is 0 Å². The van der Waals surface area contributed by atoms with Crippen LogP contribution in [0.1, 0.15) is 36.7 Å². The molecule has 1 amide bonds. The van der Waals surface area contributed by atoms with Gasteiger partial charge in [0.15, 0.2) is 0 Å². The van der Waals surface area contributed by atoms with E-state index in [0.29, 0.717) is 11.3 Å². The first-order valence-corrected chi connectivity index (χ1v) is 6.08. The molecule has 0 heterocycles. The van der Waals surface area contributed by atoms with Crippen LogP contribution in [0.4, 0.5) is 5.69 Å². The number of carboxylic acid groups (broad SMARTS) is 1. The van der Waals surface area contributed by atoms with E-state index in [2.05, 4.69) is 10.6 Å². The van der Waals surface area contributed by atoms with E-state index < -0.39 is 5.97 Å². The lowest BCUT2D eigenvalue weighted by atomic mass is 10.1. The standard InChI is InChI=1S/C14H20N2O3/c1-9-10(13(18)19)6-5-7-11(9)16-12(17)8-15-14(2,3)4/h5-7,15H,8H2,1-4H3,(H,16,17)(H,18,19). The minimum Gasteiger partial charge on any atom is -0.478 e. The monoisotopic (exact) mass is 264 g/mol. The number of hydrogen-bond donors (Lipinski definition) is 3. The molecule has 0 atom stereocenters. The van der Waals surface area contributed by atoms with Gasteiger partial charge in [-0.1, -0.05) is 6.07 Å². The fourth-order valence-electron chi connectivity index (χ4n) is 1.54. The van der Waals surface area contributed by atoms with Crippen molar-refractivity contribution in [2.75, 3.05) is 11.9 Å². The highest BCUT2D eigenvalue weighted by Gasteiger charge is 2.14. The van der Waals surface area contributed by atoms with E-state index in [1.165, 1.54) is 6.07 Å². The Kier molecular flexibility index (Phi) is 4.67. The molecule has 5 heteroatoms. The molecule has 1 rings (SSSR count). The van der Waals surface area contributed by atoms with E-state index in [0.717, 1.165) is 0 Å². The SMILES string of the molecule is Cc1c(NC(=O)CNC(C)(C)C)cccc1C(=O)O. The van der Waals surface area contributed by atoms with E-state index in [1.807, 2.05) is 20.8 Å². The predicted molar refractivity (Wildman–Crippen MR) is 74.5 cm³/mol. The number of carbonyl (C=O) groups excluding carboxylic acids is 1. The van der Waals surface area contributed by atoms with Crippen LogP contribution in [-0.4, -0.2) is 29.1 Å². The highest BCUT2D eigenvalue weighted by atomic mass is 16.4. The Bertz CT molecular complexity index is 490. The highest BCUT2D eigenvalue weighted by molar-refractivity contribution is 5.96.